The topological polar surface area (TPSA) is 53.6 Å². The second-order valence-corrected chi connectivity index (χ2v) is 8.18. The summed E-state index contributed by atoms with van der Waals surface area (Å²) in [5, 5.41) is 5.74. The molecule has 144 valence electrons. The van der Waals surface area contributed by atoms with Gasteiger partial charge in [0.1, 0.15) is 22.8 Å². The Morgan fingerprint density at radius 1 is 1.07 bits per heavy atom. The Labute approximate surface area is 171 Å². The zero-order valence-electron chi connectivity index (χ0n) is 15.9. The number of nitrogens with one attached hydrogen (secondary N) is 2. The second-order valence-electron chi connectivity index (χ2n) is 6.98. The van der Waals surface area contributed by atoms with Crippen LogP contribution in [0.5, 0.6) is 0 Å². The van der Waals surface area contributed by atoms with Crippen LogP contribution in [0.15, 0.2) is 61.1 Å². The van der Waals surface area contributed by atoms with Crippen LogP contribution in [0.25, 0.3) is 32.2 Å². The predicted molar refractivity (Wildman–Crippen MR) is 118 cm³/mol. The van der Waals surface area contributed by atoms with E-state index >= 15 is 0 Å². The number of fused-ring (bicyclic) bond motifs is 2. The fourth-order valence-electron chi connectivity index (χ4n) is 3.80. The van der Waals surface area contributed by atoms with Gasteiger partial charge in [0.05, 0.1) is 5.39 Å². The van der Waals surface area contributed by atoms with Crippen LogP contribution in [0.3, 0.4) is 0 Å². The number of aromatic nitrogens is 3. The van der Waals surface area contributed by atoms with Gasteiger partial charge in [-0.3, -0.25) is 0 Å². The third kappa shape index (κ3) is 3.25. The van der Waals surface area contributed by atoms with Crippen molar-refractivity contribution in [3.63, 3.8) is 0 Å². The van der Waals surface area contributed by atoms with Crippen molar-refractivity contribution in [1.82, 2.24) is 15.0 Å². The zero-order chi connectivity index (χ0) is 19.8. The van der Waals surface area contributed by atoms with E-state index in [4.69, 9.17) is 0 Å². The molecule has 2 aromatic carbocycles. The zero-order valence-corrected chi connectivity index (χ0v) is 16.7. The first kappa shape index (κ1) is 17.8. The predicted octanol–water partition coefficient (Wildman–Crippen LogP) is 5.94. The number of aromatic amines is 1. The average molecular weight is 402 g/mol. The molecule has 0 spiro atoms. The number of aryl methyl sites for hydroxylation is 1. The monoisotopic (exact) mass is 402 g/mol. The standard InChI is InChI=1S/C23H19FN4S/c1-14-20(15-6-8-17(24)9-7-15)21-22(27-13-28-23(21)29-14)25-11-10-16-12-26-19-5-3-2-4-18(16)19/h2-9,12-13,26H,10-11H2,1H3,(H,25,27,28). The SMILES string of the molecule is Cc1sc2ncnc(NCCc3c[nH]c4ccccc34)c2c1-c1ccc(F)cc1. The normalized spacial score (nSPS) is 11.4. The lowest BCUT2D eigenvalue weighted by Crippen LogP contribution is -2.06. The van der Waals surface area contributed by atoms with Crippen molar-refractivity contribution in [2.24, 2.45) is 0 Å². The quantitative estimate of drug-likeness (QED) is 0.382. The molecule has 0 unspecified atom stereocenters. The third-order valence-corrected chi connectivity index (χ3v) is 6.17. The van der Waals surface area contributed by atoms with Crippen molar-refractivity contribution in [3.05, 3.63) is 77.3 Å². The van der Waals surface area contributed by atoms with Crippen LogP contribution in [0, 0.1) is 12.7 Å². The first-order valence-electron chi connectivity index (χ1n) is 9.49. The van der Waals surface area contributed by atoms with Gasteiger partial charge < -0.3 is 10.3 Å². The van der Waals surface area contributed by atoms with Crippen LogP contribution in [0.1, 0.15) is 10.4 Å². The van der Waals surface area contributed by atoms with Crippen LogP contribution < -0.4 is 5.32 Å². The Morgan fingerprint density at radius 2 is 1.90 bits per heavy atom. The number of anilines is 1. The minimum absolute atomic E-state index is 0.237. The first-order valence-corrected chi connectivity index (χ1v) is 10.3. The van der Waals surface area contributed by atoms with Gasteiger partial charge >= 0.3 is 0 Å². The van der Waals surface area contributed by atoms with E-state index in [9.17, 15) is 4.39 Å². The Morgan fingerprint density at radius 3 is 2.76 bits per heavy atom. The lowest BCUT2D eigenvalue weighted by molar-refractivity contribution is 0.628. The Balaban J connectivity index is 1.46. The van der Waals surface area contributed by atoms with Gasteiger partial charge in [-0.2, -0.15) is 0 Å². The summed E-state index contributed by atoms with van der Waals surface area (Å²) < 4.78 is 13.4. The summed E-state index contributed by atoms with van der Waals surface area (Å²) in [6, 6.07) is 14.9. The van der Waals surface area contributed by atoms with Gasteiger partial charge in [-0.1, -0.05) is 30.3 Å². The van der Waals surface area contributed by atoms with E-state index in [1.807, 2.05) is 18.2 Å². The summed E-state index contributed by atoms with van der Waals surface area (Å²) in [4.78, 5) is 14.4. The molecule has 5 aromatic rings. The Bertz CT molecular complexity index is 1300. The molecule has 0 saturated heterocycles. The molecule has 4 nitrogen and oxygen atoms in total. The highest BCUT2D eigenvalue weighted by atomic mass is 32.1. The summed E-state index contributed by atoms with van der Waals surface area (Å²) >= 11 is 1.64. The van der Waals surface area contributed by atoms with Crippen LogP contribution >= 0.6 is 11.3 Å². The minimum atomic E-state index is -0.237. The van der Waals surface area contributed by atoms with Crippen molar-refractivity contribution >= 4 is 38.3 Å². The lowest BCUT2D eigenvalue weighted by Gasteiger charge is -2.09. The molecule has 6 heteroatoms. The van der Waals surface area contributed by atoms with E-state index in [0.29, 0.717) is 0 Å². The molecule has 3 heterocycles. The van der Waals surface area contributed by atoms with Crippen molar-refractivity contribution in [2.45, 2.75) is 13.3 Å². The third-order valence-electron chi connectivity index (χ3n) is 5.16. The average Bonchev–Trinajstić information content (AvgIpc) is 3.30. The highest BCUT2D eigenvalue weighted by Crippen LogP contribution is 2.40. The number of benzene rings is 2. The fourth-order valence-corrected chi connectivity index (χ4v) is 4.81. The van der Waals surface area contributed by atoms with Gasteiger partial charge in [-0.15, -0.1) is 11.3 Å². The first-order chi connectivity index (χ1) is 14.2. The van der Waals surface area contributed by atoms with E-state index in [-0.39, 0.29) is 5.82 Å². The van der Waals surface area contributed by atoms with Crippen LogP contribution in [-0.4, -0.2) is 21.5 Å². The number of H-pyrrole nitrogens is 1. The molecule has 0 aliphatic heterocycles. The van der Waals surface area contributed by atoms with Gasteiger partial charge in [-0.25, -0.2) is 14.4 Å². The summed E-state index contributed by atoms with van der Waals surface area (Å²) in [5.41, 5.74) is 4.47. The van der Waals surface area contributed by atoms with Crippen molar-refractivity contribution in [1.29, 1.82) is 0 Å². The minimum Gasteiger partial charge on any atom is -0.369 e. The maximum atomic E-state index is 13.4. The summed E-state index contributed by atoms with van der Waals surface area (Å²) in [7, 11) is 0. The lowest BCUT2D eigenvalue weighted by atomic mass is 10.0. The summed E-state index contributed by atoms with van der Waals surface area (Å²) in [6.45, 7) is 2.83. The fraction of sp³-hybridized carbons (Fsp3) is 0.130. The largest absolute Gasteiger partial charge is 0.369 e. The highest BCUT2D eigenvalue weighted by Gasteiger charge is 2.16. The Kier molecular flexibility index (Phi) is 4.48. The molecule has 3 aromatic heterocycles. The maximum absolute atomic E-state index is 13.4. The van der Waals surface area contributed by atoms with E-state index in [1.165, 1.54) is 23.1 Å². The van der Waals surface area contributed by atoms with E-state index in [1.54, 1.807) is 17.7 Å². The van der Waals surface area contributed by atoms with Crippen LogP contribution in [0.4, 0.5) is 10.2 Å². The molecule has 29 heavy (non-hydrogen) atoms. The van der Waals surface area contributed by atoms with Gasteiger partial charge in [0.15, 0.2) is 0 Å². The molecule has 0 atom stereocenters. The second kappa shape index (κ2) is 7.29. The molecule has 0 amide bonds. The van der Waals surface area contributed by atoms with E-state index in [0.717, 1.165) is 50.5 Å². The molecule has 5 rings (SSSR count). The highest BCUT2D eigenvalue weighted by molar-refractivity contribution is 7.19. The Hall–Kier alpha value is -3.25. The number of nitrogens with zero attached hydrogens (tertiary/aromatic N) is 2. The van der Waals surface area contributed by atoms with Crippen molar-refractivity contribution in [2.75, 3.05) is 11.9 Å². The number of halogens is 1. The molecular formula is C23H19FN4S. The molecular weight excluding hydrogens is 383 g/mol. The number of thiophene rings is 1. The summed E-state index contributed by atoms with van der Waals surface area (Å²) in [6.07, 6.45) is 4.55. The number of hydrogen-bond acceptors (Lipinski definition) is 4. The van der Waals surface area contributed by atoms with Gasteiger partial charge in [0.2, 0.25) is 0 Å². The number of rotatable bonds is 5. The molecule has 0 radical (unpaired) electrons. The smallest absolute Gasteiger partial charge is 0.138 e. The van der Waals surface area contributed by atoms with Gasteiger partial charge in [0, 0.05) is 34.1 Å². The van der Waals surface area contributed by atoms with E-state index < -0.39 is 0 Å². The molecule has 0 aliphatic carbocycles. The molecule has 0 fully saturated rings. The van der Waals surface area contributed by atoms with E-state index in [2.05, 4.69) is 51.6 Å². The maximum Gasteiger partial charge on any atom is 0.138 e. The molecule has 2 N–H and O–H groups in total. The van der Waals surface area contributed by atoms with Crippen LogP contribution in [0.2, 0.25) is 0 Å². The van der Waals surface area contributed by atoms with Gasteiger partial charge in [0.25, 0.3) is 0 Å². The summed E-state index contributed by atoms with van der Waals surface area (Å²) in [5.74, 6) is 0.581. The van der Waals surface area contributed by atoms with Crippen molar-refractivity contribution < 1.29 is 4.39 Å². The molecule has 0 bridgehead atoms. The van der Waals surface area contributed by atoms with Crippen LogP contribution in [-0.2, 0) is 6.42 Å². The number of para-hydroxylation sites is 1. The molecule has 0 aliphatic rings. The van der Waals surface area contributed by atoms with Gasteiger partial charge in [-0.05, 0) is 42.7 Å². The number of hydrogen-bond donors (Lipinski definition) is 2. The molecule has 0 saturated carbocycles. The van der Waals surface area contributed by atoms with Crippen molar-refractivity contribution in [3.8, 4) is 11.1 Å².